The monoisotopic (exact) mass is 640 g/mol. The van der Waals surface area contributed by atoms with E-state index < -0.39 is 39.2 Å². The molecule has 0 saturated carbocycles. The van der Waals surface area contributed by atoms with Gasteiger partial charge in [-0.25, -0.2) is 4.79 Å². The standard InChI is InChI=1S/C30H29IN2O6/c1-19-17-33(29(36)32-27(19)35)28-25(31)26(34)24(39-28)18-38-30(20-9-5-3-6-10-20,21-11-7-4-8-12-21)22-13-15-23(37-2)16-14-22/h3-17,24-26,28,34H,18H2,1-2H3,(H,32,35,36)/t24-,25+,26-,28-/m1/s1. The first kappa shape index (κ1) is 27.3. The number of ether oxygens (including phenoxy) is 3. The van der Waals surface area contributed by atoms with Crippen LogP contribution in [0.1, 0.15) is 28.5 Å². The molecule has 0 bridgehead atoms. The number of nitrogens with one attached hydrogen (secondary N) is 1. The van der Waals surface area contributed by atoms with Crippen molar-refractivity contribution in [3.05, 3.63) is 134 Å². The second kappa shape index (κ2) is 11.5. The lowest BCUT2D eigenvalue weighted by atomic mass is 9.80. The van der Waals surface area contributed by atoms with Crippen molar-refractivity contribution >= 4 is 22.6 Å². The summed E-state index contributed by atoms with van der Waals surface area (Å²) in [5.41, 5.74) is 1.00. The number of rotatable bonds is 8. The smallest absolute Gasteiger partial charge is 0.330 e. The number of aryl methyl sites for hydroxylation is 1. The second-order valence-corrected chi connectivity index (χ2v) is 10.9. The van der Waals surface area contributed by atoms with Crippen LogP contribution in [-0.4, -0.2) is 44.5 Å². The fraction of sp³-hybridized carbons (Fsp3) is 0.267. The Hall–Kier alpha value is -3.25. The van der Waals surface area contributed by atoms with E-state index in [4.69, 9.17) is 14.2 Å². The van der Waals surface area contributed by atoms with E-state index in [-0.39, 0.29) is 6.61 Å². The molecule has 9 heteroatoms. The maximum atomic E-state index is 12.6. The highest BCUT2D eigenvalue weighted by Crippen LogP contribution is 2.42. The molecule has 1 fully saturated rings. The molecule has 4 aromatic rings. The van der Waals surface area contributed by atoms with E-state index in [9.17, 15) is 14.7 Å². The average molecular weight is 640 g/mol. The number of hydrogen-bond donors (Lipinski definition) is 2. The van der Waals surface area contributed by atoms with E-state index >= 15 is 0 Å². The fourth-order valence-electron chi connectivity index (χ4n) is 4.97. The molecular formula is C30H29IN2O6. The number of aliphatic hydroxyl groups is 1. The summed E-state index contributed by atoms with van der Waals surface area (Å²) in [5.74, 6) is 0.723. The van der Waals surface area contributed by atoms with E-state index in [0.717, 1.165) is 22.4 Å². The van der Waals surface area contributed by atoms with E-state index in [1.165, 1.54) is 10.8 Å². The number of nitrogens with zero attached hydrogens (tertiary/aromatic N) is 1. The number of H-pyrrole nitrogens is 1. The van der Waals surface area contributed by atoms with Crippen molar-refractivity contribution < 1.29 is 19.3 Å². The lowest BCUT2D eigenvalue weighted by Crippen LogP contribution is -2.38. The quantitative estimate of drug-likeness (QED) is 0.172. The van der Waals surface area contributed by atoms with Crippen molar-refractivity contribution in [1.82, 2.24) is 9.55 Å². The summed E-state index contributed by atoms with van der Waals surface area (Å²) in [6, 6.07) is 27.5. The minimum atomic E-state index is -1.03. The molecule has 0 amide bonds. The maximum Gasteiger partial charge on any atom is 0.330 e. The van der Waals surface area contributed by atoms with Crippen molar-refractivity contribution in [2.75, 3.05) is 13.7 Å². The first-order chi connectivity index (χ1) is 18.8. The zero-order valence-corrected chi connectivity index (χ0v) is 23.6. The van der Waals surface area contributed by atoms with Gasteiger partial charge in [-0.3, -0.25) is 14.3 Å². The molecule has 2 N–H and O–H groups in total. The number of aromatic amines is 1. The van der Waals surface area contributed by atoms with Gasteiger partial charge in [0.05, 0.1) is 23.7 Å². The van der Waals surface area contributed by atoms with Gasteiger partial charge in [0, 0.05) is 11.8 Å². The highest BCUT2D eigenvalue weighted by atomic mass is 127. The lowest BCUT2D eigenvalue weighted by Gasteiger charge is -2.37. The summed E-state index contributed by atoms with van der Waals surface area (Å²) in [4.78, 5) is 26.8. The highest BCUT2D eigenvalue weighted by molar-refractivity contribution is 14.1. The van der Waals surface area contributed by atoms with Crippen LogP contribution in [0.25, 0.3) is 0 Å². The van der Waals surface area contributed by atoms with Gasteiger partial charge >= 0.3 is 5.69 Å². The SMILES string of the molecule is COc1ccc(C(OC[C@H]2O[C@@H](n3cc(C)c(=O)[nH]c3=O)[C@@H](I)[C@@H]2O)(c2ccccc2)c2ccccc2)cc1. The number of methoxy groups -OCH3 is 1. The van der Waals surface area contributed by atoms with Crippen LogP contribution in [0.2, 0.25) is 0 Å². The maximum absolute atomic E-state index is 12.6. The summed E-state index contributed by atoms with van der Waals surface area (Å²) in [6.07, 6.45) is -0.972. The first-order valence-corrected chi connectivity index (χ1v) is 13.8. The van der Waals surface area contributed by atoms with Gasteiger partial charge in [0.25, 0.3) is 5.56 Å². The van der Waals surface area contributed by atoms with E-state index in [2.05, 4.69) is 27.6 Å². The van der Waals surface area contributed by atoms with Gasteiger partial charge in [-0.15, -0.1) is 0 Å². The molecule has 4 atom stereocenters. The van der Waals surface area contributed by atoms with Gasteiger partial charge in [0.15, 0.2) is 6.23 Å². The molecule has 2 heterocycles. The Kier molecular flexibility index (Phi) is 8.03. The first-order valence-electron chi connectivity index (χ1n) is 12.5. The third-order valence-electron chi connectivity index (χ3n) is 7.04. The van der Waals surface area contributed by atoms with Gasteiger partial charge in [-0.2, -0.15) is 0 Å². The topological polar surface area (TPSA) is 103 Å². The van der Waals surface area contributed by atoms with Crippen molar-refractivity contribution in [2.24, 2.45) is 0 Å². The molecule has 1 aliphatic heterocycles. The van der Waals surface area contributed by atoms with Crippen molar-refractivity contribution in [1.29, 1.82) is 0 Å². The van der Waals surface area contributed by atoms with E-state index in [1.54, 1.807) is 14.0 Å². The molecule has 0 radical (unpaired) electrons. The van der Waals surface area contributed by atoms with Crippen LogP contribution in [-0.2, 0) is 15.1 Å². The molecule has 0 unspecified atom stereocenters. The zero-order valence-electron chi connectivity index (χ0n) is 21.5. The molecule has 3 aromatic carbocycles. The van der Waals surface area contributed by atoms with Crippen LogP contribution >= 0.6 is 22.6 Å². The van der Waals surface area contributed by atoms with Gasteiger partial charge in [0.2, 0.25) is 0 Å². The minimum absolute atomic E-state index is 0.0318. The summed E-state index contributed by atoms with van der Waals surface area (Å²) < 4.78 is 19.3. The number of benzene rings is 3. The number of alkyl halides is 1. The molecule has 5 rings (SSSR count). The Morgan fingerprint density at radius 1 is 0.949 bits per heavy atom. The predicted octanol–water partition coefficient (Wildman–Crippen LogP) is 3.92. The van der Waals surface area contributed by atoms with Crippen LogP contribution in [0.4, 0.5) is 0 Å². The van der Waals surface area contributed by atoms with E-state index in [0.29, 0.717) is 5.56 Å². The zero-order chi connectivity index (χ0) is 27.6. The Bertz CT molecular complexity index is 1480. The average Bonchev–Trinajstić information content (AvgIpc) is 3.25. The second-order valence-electron chi connectivity index (χ2n) is 9.43. The molecule has 202 valence electrons. The number of hydrogen-bond acceptors (Lipinski definition) is 6. The van der Waals surface area contributed by atoms with Gasteiger partial charge < -0.3 is 19.3 Å². The van der Waals surface area contributed by atoms with Crippen LogP contribution < -0.4 is 16.0 Å². The van der Waals surface area contributed by atoms with Crippen LogP contribution in [0.3, 0.4) is 0 Å². The van der Waals surface area contributed by atoms with Crippen molar-refractivity contribution in [3.8, 4) is 5.75 Å². The summed E-state index contributed by atoms with van der Waals surface area (Å²) >= 11 is 2.08. The normalized spacial score (nSPS) is 21.1. The predicted molar refractivity (Wildman–Crippen MR) is 155 cm³/mol. The molecule has 1 saturated heterocycles. The highest BCUT2D eigenvalue weighted by Gasteiger charge is 2.46. The molecular weight excluding hydrogens is 611 g/mol. The summed E-state index contributed by atoms with van der Waals surface area (Å²) in [7, 11) is 1.62. The summed E-state index contributed by atoms with van der Waals surface area (Å²) in [6.45, 7) is 1.65. The molecule has 0 spiro atoms. The molecule has 39 heavy (non-hydrogen) atoms. The largest absolute Gasteiger partial charge is 0.497 e. The summed E-state index contributed by atoms with van der Waals surface area (Å²) in [5, 5.41) is 11.2. The fourth-order valence-corrected chi connectivity index (χ4v) is 5.95. The molecule has 0 aliphatic carbocycles. The number of aromatic nitrogens is 2. The number of halogens is 1. The Morgan fingerprint density at radius 3 is 2.08 bits per heavy atom. The molecule has 1 aliphatic rings. The Balaban J connectivity index is 1.54. The van der Waals surface area contributed by atoms with Crippen LogP contribution in [0.5, 0.6) is 5.75 Å². The number of aliphatic hydroxyl groups excluding tert-OH is 1. The third-order valence-corrected chi connectivity index (χ3v) is 8.39. The molecule has 8 nitrogen and oxygen atoms in total. The van der Waals surface area contributed by atoms with Gasteiger partial charge in [0.1, 0.15) is 17.5 Å². The lowest BCUT2D eigenvalue weighted by molar-refractivity contribution is -0.0943. The Morgan fingerprint density at radius 2 is 1.51 bits per heavy atom. The minimum Gasteiger partial charge on any atom is -0.497 e. The van der Waals surface area contributed by atoms with Crippen molar-refractivity contribution in [2.45, 2.75) is 34.9 Å². The van der Waals surface area contributed by atoms with Gasteiger partial charge in [-0.05, 0) is 35.7 Å². The third kappa shape index (κ3) is 5.19. The van der Waals surface area contributed by atoms with Gasteiger partial charge in [-0.1, -0.05) is 95.4 Å². The van der Waals surface area contributed by atoms with Crippen LogP contribution in [0.15, 0.2) is 101 Å². The van der Waals surface area contributed by atoms with Crippen LogP contribution in [0, 0.1) is 6.92 Å². The van der Waals surface area contributed by atoms with Crippen molar-refractivity contribution in [3.63, 3.8) is 0 Å². The molecule has 1 aromatic heterocycles. The Labute approximate surface area is 239 Å². The van der Waals surface area contributed by atoms with E-state index in [1.807, 2.05) is 84.9 Å².